The third kappa shape index (κ3) is 5.26. The van der Waals surface area contributed by atoms with Gasteiger partial charge in [-0.3, -0.25) is 0 Å². The minimum Gasteiger partial charge on any atom is -0.304 e. The Morgan fingerprint density at radius 3 is 1.71 bits per heavy atom. The molecule has 0 aliphatic heterocycles. The molecule has 170 valence electrons. The first-order chi connectivity index (χ1) is 16.4. The maximum Gasteiger partial charge on any atom is 0.282 e. The van der Waals surface area contributed by atoms with Crippen LogP contribution in [0.25, 0.3) is 0 Å². The van der Waals surface area contributed by atoms with E-state index in [1.165, 1.54) is 12.1 Å². The van der Waals surface area contributed by atoms with Crippen LogP contribution >= 0.6 is 18.7 Å². The third-order valence-corrected chi connectivity index (χ3v) is 10.6. The number of nitrogens with zero attached hydrogens (tertiary/aromatic N) is 2. The molecule has 0 heterocycles. The lowest BCUT2D eigenvalue weighted by Crippen LogP contribution is -2.17. The Balaban J connectivity index is 2.01. The highest BCUT2D eigenvalue weighted by molar-refractivity contribution is 7.98. The van der Waals surface area contributed by atoms with E-state index in [1.54, 1.807) is 17.0 Å². The van der Waals surface area contributed by atoms with Crippen molar-refractivity contribution in [3.05, 3.63) is 120 Å². The SMILES string of the molecule is CN(C#CP(=NS(=O)(=O)c1ccc(Cl)cc1)(c1ccccc1)c1ccccc1)c1ccccc1. The summed E-state index contributed by atoms with van der Waals surface area (Å²) in [5, 5.41) is 1.97. The van der Waals surface area contributed by atoms with Crippen molar-refractivity contribution in [1.82, 2.24) is 0 Å². The van der Waals surface area contributed by atoms with Crippen LogP contribution in [0.15, 0.2) is 124 Å². The molecular weight excluding hydrogens is 483 g/mol. The van der Waals surface area contributed by atoms with Crippen LogP contribution in [0, 0.1) is 11.7 Å². The Kier molecular flexibility index (Phi) is 7.24. The molecule has 0 saturated carbocycles. The first kappa shape index (κ1) is 23.9. The summed E-state index contributed by atoms with van der Waals surface area (Å²) in [6.07, 6.45) is 0. The van der Waals surface area contributed by atoms with E-state index in [2.05, 4.69) is 15.9 Å². The number of para-hydroxylation sites is 1. The molecule has 0 N–H and O–H groups in total. The van der Waals surface area contributed by atoms with Crippen molar-refractivity contribution < 1.29 is 8.42 Å². The van der Waals surface area contributed by atoms with Crippen LogP contribution in [0.5, 0.6) is 0 Å². The predicted molar refractivity (Wildman–Crippen MR) is 143 cm³/mol. The molecule has 0 radical (unpaired) electrons. The van der Waals surface area contributed by atoms with Gasteiger partial charge in [0.15, 0.2) is 0 Å². The van der Waals surface area contributed by atoms with E-state index in [-0.39, 0.29) is 4.90 Å². The van der Waals surface area contributed by atoms with Gasteiger partial charge in [-0.25, -0.2) is 0 Å². The molecular formula is C27H22ClN2O2PS. The van der Waals surface area contributed by atoms with Crippen LogP contribution in [0.4, 0.5) is 5.69 Å². The van der Waals surface area contributed by atoms with E-state index in [0.29, 0.717) is 5.02 Å². The lowest BCUT2D eigenvalue weighted by Gasteiger charge is -2.21. The molecule has 0 unspecified atom stereocenters. The largest absolute Gasteiger partial charge is 0.304 e. The van der Waals surface area contributed by atoms with Crippen LogP contribution in [0.2, 0.25) is 5.02 Å². The van der Waals surface area contributed by atoms with E-state index in [4.69, 9.17) is 11.6 Å². The van der Waals surface area contributed by atoms with Gasteiger partial charge in [0, 0.05) is 34.4 Å². The predicted octanol–water partition coefficient (Wildman–Crippen LogP) is 5.94. The van der Waals surface area contributed by atoms with Crippen LogP contribution in [0.3, 0.4) is 0 Å². The molecule has 4 nitrogen and oxygen atoms in total. The molecule has 4 aromatic rings. The summed E-state index contributed by atoms with van der Waals surface area (Å²) >= 11 is 5.98. The highest BCUT2D eigenvalue weighted by atomic mass is 35.5. The van der Waals surface area contributed by atoms with Crippen molar-refractivity contribution in [1.29, 1.82) is 0 Å². The minimum absolute atomic E-state index is 0.0753. The second-order valence-corrected chi connectivity index (χ2v) is 12.5. The molecule has 34 heavy (non-hydrogen) atoms. The Morgan fingerprint density at radius 2 is 1.21 bits per heavy atom. The van der Waals surface area contributed by atoms with Crippen LogP contribution in [-0.2, 0) is 10.0 Å². The zero-order chi connectivity index (χ0) is 24.0. The Hall–Kier alpha value is -3.29. The highest BCUT2D eigenvalue weighted by Crippen LogP contribution is 2.48. The molecule has 7 heteroatoms. The van der Waals surface area contributed by atoms with Gasteiger partial charge in [0.2, 0.25) is 0 Å². The lowest BCUT2D eigenvalue weighted by molar-refractivity contribution is 0.598. The van der Waals surface area contributed by atoms with Gasteiger partial charge < -0.3 is 4.90 Å². The van der Waals surface area contributed by atoms with Crippen molar-refractivity contribution >= 4 is 45.0 Å². The van der Waals surface area contributed by atoms with Gasteiger partial charge in [0.05, 0.1) is 4.90 Å². The Bertz CT molecular complexity index is 1440. The van der Waals surface area contributed by atoms with E-state index in [1.807, 2.05) is 98.0 Å². The van der Waals surface area contributed by atoms with Crippen LogP contribution in [0.1, 0.15) is 0 Å². The van der Waals surface area contributed by atoms with Crippen LogP contribution < -0.4 is 15.5 Å². The Labute approximate surface area is 206 Å². The quantitative estimate of drug-likeness (QED) is 0.192. The minimum atomic E-state index is -4.05. The number of hydrogen-bond donors (Lipinski definition) is 0. The molecule has 0 fully saturated rings. The zero-order valence-electron chi connectivity index (χ0n) is 18.4. The number of anilines is 1. The molecule has 0 aliphatic rings. The summed E-state index contributed by atoms with van der Waals surface area (Å²) in [5.74, 6) is 0. The smallest absolute Gasteiger partial charge is 0.282 e. The van der Waals surface area contributed by atoms with Gasteiger partial charge in [0.1, 0.15) is 7.05 Å². The highest BCUT2D eigenvalue weighted by Gasteiger charge is 2.28. The van der Waals surface area contributed by atoms with Gasteiger partial charge in [-0.15, -0.1) is 0 Å². The maximum atomic E-state index is 13.6. The van der Waals surface area contributed by atoms with E-state index in [0.717, 1.165) is 16.3 Å². The van der Waals surface area contributed by atoms with Crippen molar-refractivity contribution in [2.45, 2.75) is 4.90 Å². The number of sulfonamides is 1. The average molecular weight is 505 g/mol. The summed E-state index contributed by atoms with van der Waals surface area (Å²) in [6, 6.07) is 37.7. The normalized spacial score (nSPS) is 11.2. The van der Waals surface area contributed by atoms with Gasteiger partial charge in [-0.1, -0.05) is 90.5 Å². The third-order valence-electron chi connectivity index (χ3n) is 5.12. The number of benzene rings is 4. The first-order valence-corrected chi connectivity index (χ1v) is 14.0. The average Bonchev–Trinajstić information content (AvgIpc) is 2.88. The molecule has 0 aliphatic carbocycles. The van der Waals surface area contributed by atoms with Crippen molar-refractivity contribution in [3.63, 3.8) is 0 Å². The molecule has 0 bridgehead atoms. The topological polar surface area (TPSA) is 49.7 Å². The molecule has 0 amide bonds. The summed E-state index contributed by atoms with van der Waals surface area (Å²) < 4.78 is 31.7. The fourth-order valence-corrected chi connectivity index (χ4v) is 8.61. The van der Waals surface area contributed by atoms with Gasteiger partial charge in [-0.2, -0.15) is 12.6 Å². The van der Waals surface area contributed by atoms with Crippen molar-refractivity contribution in [2.75, 3.05) is 11.9 Å². The summed E-state index contributed by atoms with van der Waals surface area (Å²) in [7, 11) is -5.27. The van der Waals surface area contributed by atoms with Gasteiger partial charge in [-0.05, 0) is 42.1 Å². The number of rotatable bonds is 5. The maximum absolute atomic E-state index is 13.6. The van der Waals surface area contributed by atoms with E-state index < -0.39 is 17.1 Å². The molecule has 0 aromatic heterocycles. The monoisotopic (exact) mass is 504 g/mol. The second-order valence-electron chi connectivity index (χ2n) is 7.44. The zero-order valence-corrected chi connectivity index (χ0v) is 20.9. The second kappa shape index (κ2) is 10.3. The fraction of sp³-hybridized carbons (Fsp3) is 0.0370. The standard InChI is InChI=1S/C27H22ClN2O2PS/c1-30(24-11-5-2-6-12-24)21-22-33(25-13-7-3-8-14-25,26-15-9-4-10-16-26)29-34(31,32)27-19-17-23(28)18-20-27/h2-20H,1H3. The van der Waals surface area contributed by atoms with E-state index >= 15 is 0 Å². The molecule has 0 spiro atoms. The van der Waals surface area contributed by atoms with Gasteiger partial charge in [0.25, 0.3) is 10.0 Å². The van der Waals surface area contributed by atoms with Crippen LogP contribution in [-0.4, -0.2) is 15.5 Å². The number of halogens is 1. The summed E-state index contributed by atoms with van der Waals surface area (Å²) in [5.41, 5.74) is 4.21. The van der Waals surface area contributed by atoms with Crippen molar-refractivity contribution in [2.24, 2.45) is 4.15 Å². The molecule has 0 saturated heterocycles. The molecule has 0 atom stereocenters. The van der Waals surface area contributed by atoms with Gasteiger partial charge >= 0.3 is 0 Å². The number of hydrogen-bond acceptors (Lipinski definition) is 3. The first-order valence-electron chi connectivity index (χ1n) is 10.5. The summed E-state index contributed by atoms with van der Waals surface area (Å²) in [4.78, 5) is 1.86. The summed E-state index contributed by atoms with van der Waals surface area (Å²) in [6.45, 7) is 0. The molecule has 4 aromatic carbocycles. The fourth-order valence-electron chi connectivity index (χ4n) is 3.36. The molecule has 4 rings (SSSR count). The lowest BCUT2D eigenvalue weighted by atomic mass is 10.3. The van der Waals surface area contributed by atoms with Crippen molar-refractivity contribution in [3.8, 4) is 11.7 Å². The Morgan fingerprint density at radius 1 is 0.735 bits per heavy atom. The van der Waals surface area contributed by atoms with E-state index in [9.17, 15) is 8.42 Å².